The summed E-state index contributed by atoms with van der Waals surface area (Å²) in [7, 11) is 5.54. The molecule has 0 spiro atoms. The Labute approximate surface area is 121 Å². The van der Waals surface area contributed by atoms with Crippen LogP contribution >= 0.6 is 15.9 Å². The summed E-state index contributed by atoms with van der Waals surface area (Å²) in [5, 5.41) is 7.61. The zero-order valence-electron chi connectivity index (χ0n) is 11.6. The van der Waals surface area contributed by atoms with Crippen LogP contribution < -0.4 is 10.1 Å². The minimum atomic E-state index is 0.0514. The van der Waals surface area contributed by atoms with Gasteiger partial charge in [0.05, 0.1) is 19.3 Å². The highest BCUT2D eigenvalue weighted by molar-refractivity contribution is 9.10. The van der Waals surface area contributed by atoms with E-state index < -0.39 is 0 Å². The molecule has 1 atom stereocenters. The van der Waals surface area contributed by atoms with Crippen LogP contribution in [0.4, 0.5) is 0 Å². The molecule has 0 radical (unpaired) electrons. The van der Waals surface area contributed by atoms with Crippen LogP contribution in [-0.4, -0.2) is 23.9 Å². The summed E-state index contributed by atoms with van der Waals surface area (Å²) in [5.41, 5.74) is 3.46. The van der Waals surface area contributed by atoms with Crippen LogP contribution in [0.5, 0.6) is 5.75 Å². The fourth-order valence-electron chi connectivity index (χ4n) is 2.32. The fraction of sp³-hybridized carbons (Fsp3) is 0.357. The van der Waals surface area contributed by atoms with Crippen molar-refractivity contribution in [1.82, 2.24) is 15.1 Å². The van der Waals surface area contributed by atoms with Gasteiger partial charge in [-0.1, -0.05) is 22.0 Å². The van der Waals surface area contributed by atoms with E-state index in [1.807, 2.05) is 18.8 Å². The first-order chi connectivity index (χ1) is 9.08. The summed E-state index contributed by atoms with van der Waals surface area (Å²) in [5.74, 6) is 0.796. The molecule has 0 amide bonds. The lowest BCUT2D eigenvalue weighted by molar-refractivity contribution is 0.402. The SMILES string of the molecule is CNC(c1ccc(Br)cc1C)c1c(OC)cnn1C. The number of nitrogens with one attached hydrogen (secondary N) is 1. The Morgan fingerprint density at radius 1 is 1.42 bits per heavy atom. The van der Waals surface area contributed by atoms with Gasteiger partial charge < -0.3 is 10.1 Å². The Kier molecular flexibility index (Phi) is 4.27. The van der Waals surface area contributed by atoms with Crippen LogP contribution in [0, 0.1) is 6.92 Å². The van der Waals surface area contributed by atoms with Crippen molar-refractivity contribution in [2.24, 2.45) is 7.05 Å². The van der Waals surface area contributed by atoms with Crippen LogP contribution in [-0.2, 0) is 7.05 Å². The van der Waals surface area contributed by atoms with Gasteiger partial charge in [-0.3, -0.25) is 4.68 Å². The Balaban J connectivity index is 2.52. The molecule has 5 heteroatoms. The lowest BCUT2D eigenvalue weighted by Crippen LogP contribution is -2.22. The van der Waals surface area contributed by atoms with Gasteiger partial charge in [0, 0.05) is 11.5 Å². The molecule has 1 aromatic heterocycles. The van der Waals surface area contributed by atoms with Gasteiger partial charge in [-0.2, -0.15) is 5.10 Å². The molecule has 0 saturated heterocycles. The van der Waals surface area contributed by atoms with Crippen molar-refractivity contribution < 1.29 is 4.74 Å². The molecule has 0 aliphatic rings. The number of rotatable bonds is 4. The number of ether oxygens (including phenoxy) is 1. The minimum absolute atomic E-state index is 0.0514. The molecular formula is C14H18BrN3O. The van der Waals surface area contributed by atoms with E-state index in [2.05, 4.69) is 51.5 Å². The Bertz CT molecular complexity index is 580. The van der Waals surface area contributed by atoms with Gasteiger partial charge in [-0.15, -0.1) is 0 Å². The topological polar surface area (TPSA) is 39.1 Å². The van der Waals surface area contributed by atoms with Crippen molar-refractivity contribution in [1.29, 1.82) is 0 Å². The number of halogens is 1. The number of benzene rings is 1. The van der Waals surface area contributed by atoms with E-state index in [-0.39, 0.29) is 6.04 Å². The third kappa shape index (κ3) is 2.67. The average Bonchev–Trinajstić information content (AvgIpc) is 2.74. The summed E-state index contributed by atoms with van der Waals surface area (Å²) in [6.45, 7) is 2.10. The van der Waals surface area contributed by atoms with Crippen LogP contribution in [0.3, 0.4) is 0 Å². The molecule has 1 unspecified atom stereocenters. The molecule has 0 fully saturated rings. The second-order valence-corrected chi connectivity index (χ2v) is 5.36. The highest BCUT2D eigenvalue weighted by Gasteiger charge is 2.22. The molecular weight excluding hydrogens is 306 g/mol. The molecule has 0 bridgehead atoms. The van der Waals surface area contributed by atoms with Crippen molar-refractivity contribution in [2.75, 3.05) is 14.2 Å². The van der Waals surface area contributed by atoms with Crippen LogP contribution in [0.25, 0.3) is 0 Å². The summed E-state index contributed by atoms with van der Waals surface area (Å²) in [6, 6.07) is 6.33. The molecule has 1 aromatic carbocycles. The van der Waals surface area contributed by atoms with Gasteiger partial charge in [0.2, 0.25) is 0 Å². The number of methoxy groups -OCH3 is 1. The molecule has 0 saturated carbocycles. The second-order valence-electron chi connectivity index (χ2n) is 4.44. The molecule has 1 heterocycles. The first kappa shape index (κ1) is 14.1. The molecule has 102 valence electrons. The van der Waals surface area contributed by atoms with Gasteiger partial charge in [0.15, 0.2) is 5.75 Å². The largest absolute Gasteiger partial charge is 0.493 e. The highest BCUT2D eigenvalue weighted by Crippen LogP contribution is 2.31. The lowest BCUT2D eigenvalue weighted by atomic mass is 9.98. The molecule has 19 heavy (non-hydrogen) atoms. The first-order valence-corrected chi connectivity index (χ1v) is 6.87. The van der Waals surface area contributed by atoms with Gasteiger partial charge in [0.25, 0.3) is 0 Å². The summed E-state index contributed by atoms with van der Waals surface area (Å²) in [6.07, 6.45) is 1.74. The molecule has 0 aliphatic heterocycles. The van der Waals surface area contributed by atoms with Gasteiger partial charge in [-0.05, 0) is 37.2 Å². The predicted octanol–water partition coefficient (Wildman–Crippen LogP) is 2.81. The predicted molar refractivity (Wildman–Crippen MR) is 79.5 cm³/mol. The quantitative estimate of drug-likeness (QED) is 0.940. The molecule has 2 rings (SSSR count). The number of aryl methyl sites for hydroxylation is 2. The lowest BCUT2D eigenvalue weighted by Gasteiger charge is -2.20. The van der Waals surface area contributed by atoms with Crippen LogP contribution in [0.15, 0.2) is 28.9 Å². The van der Waals surface area contributed by atoms with Crippen molar-refractivity contribution in [2.45, 2.75) is 13.0 Å². The van der Waals surface area contributed by atoms with E-state index >= 15 is 0 Å². The zero-order chi connectivity index (χ0) is 14.0. The molecule has 4 nitrogen and oxygen atoms in total. The zero-order valence-corrected chi connectivity index (χ0v) is 13.2. The van der Waals surface area contributed by atoms with Crippen molar-refractivity contribution >= 4 is 15.9 Å². The van der Waals surface area contributed by atoms with Gasteiger partial charge >= 0.3 is 0 Å². The monoisotopic (exact) mass is 323 g/mol. The molecule has 0 aliphatic carbocycles. The smallest absolute Gasteiger partial charge is 0.161 e. The average molecular weight is 324 g/mol. The first-order valence-electron chi connectivity index (χ1n) is 6.07. The Morgan fingerprint density at radius 3 is 2.74 bits per heavy atom. The van der Waals surface area contributed by atoms with Crippen molar-refractivity contribution in [3.05, 3.63) is 45.7 Å². The van der Waals surface area contributed by atoms with Gasteiger partial charge in [-0.25, -0.2) is 0 Å². The second kappa shape index (κ2) is 5.75. The third-order valence-corrected chi connectivity index (χ3v) is 3.77. The van der Waals surface area contributed by atoms with E-state index in [1.165, 1.54) is 11.1 Å². The Hall–Kier alpha value is -1.33. The number of aromatic nitrogens is 2. The normalized spacial score (nSPS) is 12.5. The number of hydrogen-bond donors (Lipinski definition) is 1. The summed E-state index contributed by atoms with van der Waals surface area (Å²) in [4.78, 5) is 0. The third-order valence-electron chi connectivity index (χ3n) is 3.27. The van der Waals surface area contributed by atoms with E-state index in [9.17, 15) is 0 Å². The van der Waals surface area contributed by atoms with E-state index in [1.54, 1.807) is 13.3 Å². The van der Waals surface area contributed by atoms with Crippen molar-refractivity contribution in [3.8, 4) is 5.75 Å². The minimum Gasteiger partial charge on any atom is -0.493 e. The standard InChI is InChI=1S/C14H18BrN3O/c1-9-7-10(15)5-6-11(9)13(16-2)14-12(19-4)8-17-18(14)3/h5-8,13,16H,1-4H3. The Morgan fingerprint density at radius 2 is 2.16 bits per heavy atom. The number of nitrogens with zero attached hydrogens (tertiary/aromatic N) is 2. The van der Waals surface area contributed by atoms with Gasteiger partial charge in [0.1, 0.15) is 5.69 Å². The maximum absolute atomic E-state index is 5.40. The summed E-state index contributed by atoms with van der Waals surface area (Å²) >= 11 is 3.50. The van der Waals surface area contributed by atoms with Crippen LogP contribution in [0.1, 0.15) is 22.9 Å². The molecule has 1 N–H and O–H groups in total. The van der Waals surface area contributed by atoms with Crippen LogP contribution in [0.2, 0.25) is 0 Å². The van der Waals surface area contributed by atoms with E-state index in [4.69, 9.17) is 4.74 Å². The molecule has 2 aromatic rings. The maximum atomic E-state index is 5.40. The maximum Gasteiger partial charge on any atom is 0.161 e. The summed E-state index contributed by atoms with van der Waals surface area (Å²) < 4.78 is 8.33. The van der Waals surface area contributed by atoms with E-state index in [0.29, 0.717) is 0 Å². The highest BCUT2D eigenvalue weighted by atomic mass is 79.9. The number of hydrogen-bond acceptors (Lipinski definition) is 3. The van der Waals surface area contributed by atoms with E-state index in [0.717, 1.165) is 15.9 Å². The fourth-order valence-corrected chi connectivity index (χ4v) is 2.79. The van der Waals surface area contributed by atoms with Crippen molar-refractivity contribution in [3.63, 3.8) is 0 Å².